The summed E-state index contributed by atoms with van der Waals surface area (Å²) < 4.78 is 5.55. The first kappa shape index (κ1) is 36.7. The van der Waals surface area contributed by atoms with Crippen molar-refractivity contribution in [1.82, 2.24) is 29.9 Å². The second-order valence-corrected chi connectivity index (χ2v) is 13.1. The Morgan fingerprint density at radius 1 is 0.615 bits per heavy atom. The number of rotatable bonds is 8. The minimum atomic E-state index is -0.970. The third-order valence-corrected chi connectivity index (χ3v) is 7.53. The standard InChI is InChI=1S/C22H24N4O2.C18H16N4O2/c1-14-6-7-18(17(10-14)21(27)28-22(3,4)5)26-16-11-15(2)20(25-12-16)19-13-23-8-9-24-19;1-11-3-4-15(14(7-11)18(23)24)22-13-8-12(2)17(21-9-13)16-10-19-5-6-20-16/h6-13,26H,1-5H3;3-10,22H,1-2H3,(H,23,24). The van der Waals surface area contributed by atoms with Gasteiger partial charge in [-0.3, -0.25) is 29.9 Å². The largest absolute Gasteiger partial charge is 0.478 e. The Kier molecular flexibility index (Phi) is 11.3. The number of anilines is 4. The predicted molar refractivity (Wildman–Crippen MR) is 201 cm³/mol. The zero-order valence-electron chi connectivity index (χ0n) is 30.1. The number of pyridine rings is 2. The zero-order valence-corrected chi connectivity index (χ0v) is 30.1. The molecule has 4 aromatic heterocycles. The number of ether oxygens (including phenoxy) is 1. The molecule has 52 heavy (non-hydrogen) atoms. The van der Waals surface area contributed by atoms with Gasteiger partial charge >= 0.3 is 11.9 Å². The molecule has 12 heteroatoms. The fourth-order valence-corrected chi connectivity index (χ4v) is 5.19. The number of carbonyl (C=O) groups excluding carboxylic acids is 1. The number of carboxylic acids is 1. The van der Waals surface area contributed by atoms with Gasteiger partial charge in [0.05, 0.1) is 70.1 Å². The van der Waals surface area contributed by atoms with Crippen LogP contribution in [0.3, 0.4) is 0 Å². The zero-order chi connectivity index (χ0) is 37.4. The molecule has 0 fully saturated rings. The highest BCUT2D eigenvalue weighted by molar-refractivity contribution is 5.97. The number of nitrogens with zero attached hydrogens (tertiary/aromatic N) is 6. The monoisotopic (exact) mass is 696 g/mol. The third-order valence-electron chi connectivity index (χ3n) is 7.53. The highest BCUT2D eigenvalue weighted by atomic mass is 16.6. The number of aromatic nitrogens is 6. The number of aryl methyl sites for hydroxylation is 4. The highest BCUT2D eigenvalue weighted by Gasteiger charge is 2.21. The van der Waals surface area contributed by atoms with Gasteiger partial charge in [-0.2, -0.15) is 0 Å². The van der Waals surface area contributed by atoms with E-state index in [2.05, 4.69) is 40.5 Å². The number of nitrogens with one attached hydrogen (secondary N) is 2. The van der Waals surface area contributed by atoms with E-state index in [4.69, 9.17) is 4.74 Å². The van der Waals surface area contributed by atoms with Crippen LogP contribution in [0.25, 0.3) is 22.8 Å². The van der Waals surface area contributed by atoms with E-state index in [9.17, 15) is 14.7 Å². The van der Waals surface area contributed by atoms with Crippen LogP contribution in [0.15, 0.2) is 98.1 Å². The summed E-state index contributed by atoms with van der Waals surface area (Å²) in [7, 11) is 0. The number of hydrogen-bond acceptors (Lipinski definition) is 11. The molecule has 0 aliphatic rings. The Bertz CT molecular complexity index is 2200. The molecule has 0 radical (unpaired) electrons. The first-order chi connectivity index (χ1) is 24.8. The fourth-order valence-electron chi connectivity index (χ4n) is 5.19. The number of esters is 1. The molecule has 0 spiro atoms. The van der Waals surface area contributed by atoms with Gasteiger partial charge in [-0.1, -0.05) is 23.3 Å². The second-order valence-electron chi connectivity index (χ2n) is 13.1. The van der Waals surface area contributed by atoms with Gasteiger partial charge in [0.15, 0.2) is 0 Å². The van der Waals surface area contributed by atoms with Crippen LogP contribution in [0.5, 0.6) is 0 Å². The molecule has 0 amide bonds. The van der Waals surface area contributed by atoms with Gasteiger partial charge in [0.1, 0.15) is 17.0 Å². The lowest BCUT2D eigenvalue weighted by Gasteiger charge is -2.21. The van der Waals surface area contributed by atoms with E-state index in [1.807, 2.05) is 84.9 Å². The quantitative estimate of drug-likeness (QED) is 0.130. The Morgan fingerprint density at radius 3 is 1.48 bits per heavy atom. The second kappa shape index (κ2) is 16.0. The van der Waals surface area contributed by atoms with Crippen molar-refractivity contribution < 1.29 is 19.4 Å². The van der Waals surface area contributed by atoms with Gasteiger partial charge in [-0.25, -0.2) is 9.59 Å². The molecule has 0 saturated carbocycles. The Balaban J connectivity index is 0.000000203. The summed E-state index contributed by atoms with van der Waals surface area (Å²) in [5.41, 5.74) is 9.54. The molecular weight excluding hydrogens is 656 g/mol. The van der Waals surface area contributed by atoms with Gasteiger partial charge in [0.25, 0.3) is 0 Å². The van der Waals surface area contributed by atoms with Crippen LogP contribution >= 0.6 is 0 Å². The average molecular weight is 697 g/mol. The molecule has 264 valence electrons. The molecule has 0 aliphatic heterocycles. The van der Waals surface area contributed by atoms with Gasteiger partial charge in [-0.15, -0.1) is 0 Å². The minimum absolute atomic E-state index is 0.227. The minimum Gasteiger partial charge on any atom is -0.478 e. The SMILES string of the molecule is Cc1ccc(Nc2cnc(-c3cnccn3)c(C)c2)c(C(=O)O)c1.Cc1ccc(Nc2cnc(-c3cnccn3)c(C)c2)c(C(=O)OC(C)(C)C)c1. The maximum atomic E-state index is 12.6. The van der Waals surface area contributed by atoms with Crippen LogP contribution in [0.2, 0.25) is 0 Å². The van der Waals surface area contributed by atoms with Crippen molar-refractivity contribution in [3.8, 4) is 22.8 Å². The number of benzene rings is 2. The van der Waals surface area contributed by atoms with Crippen molar-refractivity contribution in [3.05, 3.63) is 131 Å². The fraction of sp³-hybridized carbons (Fsp3) is 0.200. The van der Waals surface area contributed by atoms with E-state index in [-0.39, 0.29) is 11.5 Å². The topological polar surface area (TPSA) is 165 Å². The van der Waals surface area contributed by atoms with Gasteiger partial charge in [-0.05, 0) is 96.0 Å². The number of carboxylic acid groups (broad SMARTS) is 1. The van der Waals surface area contributed by atoms with Crippen molar-refractivity contribution in [2.75, 3.05) is 10.6 Å². The molecule has 3 N–H and O–H groups in total. The lowest BCUT2D eigenvalue weighted by atomic mass is 10.1. The highest BCUT2D eigenvalue weighted by Crippen LogP contribution is 2.28. The van der Waals surface area contributed by atoms with E-state index in [1.54, 1.807) is 61.7 Å². The Morgan fingerprint density at radius 2 is 1.08 bits per heavy atom. The molecule has 0 atom stereocenters. The van der Waals surface area contributed by atoms with Gasteiger partial charge < -0.3 is 20.5 Å². The summed E-state index contributed by atoms with van der Waals surface area (Å²) in [6.07, 6.45) is 13.2. The van der Waals surface area contributed by atoms with Crippen LogP contribution in [0.1, 0.15) is 63.7 Å². The van der Waals surface area contributed by atoms with Crippen LogP contribution in [0, 0.1) is 27.7 Å². The molecule has 0 bridgehead atoms. The van der Waals surface area contributed by atoms with Gasteiger partial charge in [0, 0.05) is 24.8 Å². The van der Waals surface area contributed by atoms with Crippen molar-refractivity contribution in [1.29, 1.82) is 0 Å². The summed E-state index contributed by atoms with van der Waals surface area (Å²) in [6, 6.07) is 14.8. The summed E-state index contributed by atoms with van der Waals surface area (Å²) in [5, 5.41) is 15.8. The molecule has 6 rings (SSSR count). The molecular formula is C40H40N8O4. The summed E-state index contributed by atoms with van der Waals surface area (Å²) in [6.45, 7) is 13.3. The van der Waals surface area contributed by atoms with Crippen molar-refractivity contribution in [2.45, 2.75) is 54.1 Å². The number of aromatic carboxylic acids is 1. The molecule has 0 aliphatic carbocycles. The van der Waals surface area contributed by atoms with E-state index < -0.39 is 11.6 Å². The van der Waals surface area contributed by atoms with E-state index in [0.717, 1.165) is 45.0 Å². The van der Waals surface area contributed by atoms with E-state index >= 15 is 0 Å². The lowest BCUT2D eigenvalue weighted by Crippen LogP contribution is -2.24. The smallest absolute Gasteiger partial charge is 0.340 e. The van der Waals surface area contributed by atoms with Crippen LogP contribution < -0.4 is 10.6 Å². The summed E-state index contributed by atoms with van der Waals surface area (Å²) >= 11 is 0. The van der Waals surface area contributed by atoms with Crippen LogP contribution in [-0.2, 0) is 4.74 Å². The molecule has 6 aromatic rings. The lowest BCUT2D eigenvalue weighted by molar-refractivity contribution is 0.00703. The summed E-state index contributed by atoms with van der Waals surface area (Å²) in [4.78, 5) is 49.7. The normalized spacial score (nSPS) is 10.8. The van der Waals surface area contributed by atoms with E-state index in [0.29, 0.717) is 28.3 Å². The Hall–Kier alpha value is -6.56. The maximum Gasteiger partial charge on any atom is 0.340 e. The maximum absolute atomic E-state index is 12.6. The molecule has 0 saturated heterocycles. The number of carbonyl (C=O) groups is 2. The van der Waals surface area contributed by atoms with Crippen LogP contribution in [0.4, 0.5) is 22.7 Å². The van der Waals surface area contributed by atoms with Crippen molar-refractivity contribution in [3.63, 3.8) is 0 Å². The number of hydrogen-bond donors (Lipinski definition) is 3. The Labute approximate surface area is 302 Å². The van der Waals surface area contributed by atoms with Gasteiger partial charge in [0.2, 0.25) is 0 Å². The van der Waals surface area contributed by atoms with Crippen LogP contribution in [-0.4, -0.2) is 52.6 Å². The summed E-state index contributed by atoms with van der Waals surface area (Å²) in [5.74, 6) is -1.33. The first-order valence-electron chi connectivity index (χ1n) is 16.5. The molecule has 0 unspecified atom stereocenters. The molecule has 4 heterocycles. The van der Waals surface area contributed by atoms with Crippen molar-refractivity contribution in [2.24, 2.45) is 0 Å². The third kappa shape index (κ3) is 9.57. The van der Waals surface area contributed by atoms with Crippen molar-refractivity contribution >= 4 is 34.7 Å². The average Bonchev–Trinajstić information content (AvgIpc) is 3.10. The molecule has 12 nitrogen and oxygen atoms in total. The first-order valence-corrected chi connectivity index (χ1v) is 16.5. The predicted octanol–water partition coefficient (Wildman–Crippen LogP) is 8.45. The molecule has 2 aromatic carbocycles. The van der Waals surface area contributed by atoms with E-state index in [1.165, 1.54) is 0 Å².